The van der Waals surface area contributed by atoms with Crippen LogP contribution in [0.3, 0.4) is 0 Å². The van der Waals surface area contributed by atoms with E-state index in [4.69, 9.17) is 16.0 Å². The van der Waals surface area contributed by atoms with Crippen molar-refractivity contribution in [1.29, 1.82) is 0 Å². The van der Waals surface area contributed by atoms with Crippen LogP contribution in [0.5, 0.6) is 0 Å². The van der Waals surface area contributed by atoms with E-state index in [0.29, 0.717) is 22.2 Å². The molecule has 0 atom stereocenters. The first-order valence-corrected chi connectivity index (χ1v) is 6.14. The highest BCUT2D eigenvalue weighted by Gasteiger charge is 2.13. The van der Waals surface area contributed by atoms with Crippen LogP contribution in [0, 0.1) is 0 Å². The van der Waals surface area contributed by atoms with Crippen LogP contribution in [0.15, 0.2) is 53.1 Å². The third kappa shape index (κ3) is 2.19. The molecule has 0 amide bonds. The molecule has 6 heteroatoms. The van der Waals surface area contributed by atoms with Gasteiger partial charge in [0.2, 0.25) is 0 Å². The maximum absolute atomic E-state index is 11.2. The molecule has 0 aliphatic heterocycles. The first-order chi connectivity index (χ1) is 9.65. The zero-order valence-corrected chi connectivity index (χ0v) is 10.9. The molecule has 5 nitrogen and oxygen atoms in total. The van der Waals surface area contributed by atoms with E-state index in [1.54, 1.807) is 36.4 Å². The average Bonchev–Trinajstić information content (AvgIpc) is 3.08. The molecule has 0 aliphatic carbocycles. The number of carboxylic acids is 1. The van der Waals surface area contributed by atoms with Crippen molar-refractivity contribution in [3.05, 3.63) is 59.4 Å². The van der Waals surface area contributed by atoms with Gasteiger partial charge in [-0.3, -0.25) is 0 Å². The monoisotopic (exact) mass is 287 g/mol. The summed E-state index contributed by atoms with van der Waals surface area (Å²) >= 11 is 5.91. The van der Waals surface area contributed by atoms with Crippen LogP contribution in [0.4, 0.5) is 0 Å². The molecule has 0 N–H and O–H groups in total. The predicted octanol–water partition coefficient (Wildman–Crippen LogP) is 2.15. The number of aromatic carboxylic acids is 1. The lowest BCUT2D eigenvalue weighted by atomic mass is 10.3. The number of furan rings is 1. The largest absolute Gasteiger partial charge is 0.543 e. The number of carbonyl (C=O) groups excluding carboxylic acids is 1. The highest BCUT2D eigenvalue weighted by molar-refractivity contribution is 6.30. The van der Waals surface area contributed by atoms with E-state index in [-0.39, 0.29) is 5.69 Å². The molecule has 0 fully saturated rings. The molecule has 0 radical (unpaired) electrons. The van der Waals surface area contributed by atoms with Gasteiger partial charge in [-0.2, -0.15) is 5.10 Å². The quantitative estimate of drug-likeness (QED) is 0.740. The van der Waals surface area contributed by atoms with Gasteiger partial charge in [-0.05, 0) is 36.4 Å². The van der Waals surface area contributed by atoms with Gasteiger partial charge in [0, 0.05) is 5.02 Å². The summed E-state index contributed by atoms with van der Waals surface area (Å²) in [7, 11) is 0. The van der Waals surface area contributed by atoms with Crippen molar-refractivity contribution in [3.63, 3.8) is 0 Å². The topological polar surface area (TPSA) is 71.1 Å². The van der Waals surface area contributed by atoms with Gasteiger partial charge in [-0.1, -0.05) is 17.7 Å². The first-order valence-electron chi connectivity index (χ1n) is 5.76. The molecule has 0 saturated carbocycles. The van der Waals surface area contributed by atoms with E-state index in [2.05, 4.69) is 5.10 Å². The summed E-state index contributed by atoms with van der Waals surface area (Å²) in [6.45, 7) is 0. The smallest absolute Gasteiger partial charge is 0.154 e. The summed E-state index contributed by atoms with van der Waals surface area (Å²) in [5.74, 6) is -0.844. The lowest BCUT2D eigenvalue weighted by Gasteiger charge is -2.07. The average molecular weight is 288 g/mol. The van der Waals surface area contributed by atoms with Crippen LogP contribution in [-0.2, 0) is 0 Å². The summed E-state index contributed by atoms with van der Waals surface area (Å²) in [4.78, 5) is 11.2. The first kappa shape index (κ1) is 12.5. The summed E-state index contributed by atoms with van der Waals surface area (Å²) in [6.07, 6.45) is 1.49. The SMILES string of the molecule is O=C([O-])c1cc(-c2ccco2)nn1-c1cccc(Cl)c1. The number of aromatic nitrogens is 2. The molecular weight excluding hydrogens is 280 g/mol. The maximum Gasteiger partial charge on any atom is 0.154 e. The van der Waals surface area contributed by atoms with Crippen molar-refractivity contribution < 1.29 is 14.3 Å². The standard InChI is InChI=1S/C14H9ClN2O3/c15-9-3-1-4-10(7-9)17-12(14(18)19)8-11(16-17)13-5-2-6-20-13/h1-8H,(H,18,19)/p-1. The van der Waals surface area contributed by atoms with Gasteiger partial charge in [0.15, 0.2) is 5.76 Å². The van der Waals surface area contributed by atoms with Gasteiger partial charge in [0.05, 0.1) is 23.6 Å². The summed E-state index contributed by atoms with van der Waals surface area (Å²) in [5, 5.41) is 15.9. The number of benzene rings is 1. The van der Waals surface area contributed by atoms with Crippen molar-refractivity contribution in [2.24, 2.45) is 0 Å². The minimum atomic E-state index is -1.32. The number of carbonyl (C=O) groups is 1. The predicted molar refractivity (Wildman–Crippen MR) is 70.6 cm³/mol. The van der Waals surface area contributed by atoms with Crippen LogP contribution in [-0.4, -0.2) is 15.7 Å². The molecule has 0 spiro atoms. The van der Waals surface area contributed by atoms with Crippen LogP contribution < -0.4 is 5.11 Å². The fourth-order valence-electron chi connectivity index (χ4n) is 1.88. The van der Waals surface area contributed by atoms with Gasteiger partial charge in [0.1, 0.15) is 5.69 Å². The second-order valence-electron chi connectivity index (χ2n) is 4.07. The fraction of sp³-hybridized carbons (Fsp3) is 0. The van der Waals surface area contributed by atoms with E-state index >= 15 is 0 Å². The van der Waals surface area contributed by atoms with E-state index in [1.807, 2.05) is 0 Å². The Morgan fingerprint density at radius 2 is 2.10 bits per heavy atom. The van der Waals surface area contributed by atoms with Crippen molar-refractivity contribution in [3.8, 4) is 17.1 Å². The molecule has 0 unspecified atom stereocenters. The van der Waals surface area contributed by atoms with Crippen LogP contribution >= 0.6 is 11.6 Å². The molecule has 100 valence electrons. The van der Waals surface area contributed by atoms with Gasteiger partial charge in [0.25, 0.3) is 0 Å². The molecule has 3 rings (SSSR count). The van der Waals surface area contributed by atoms with E-state index in [0.717, 1.165) is 0 Å². The Kier molecular flexibility index (Phi) is 3.04. The van der Waals surface area contributed by atoms with Crippen molar-refractivity contribution in [1.82, 2.24) is 9.78 Å². The summed E-state index contributed by atoms with van der Waals surface area (Å²) in [5.41, 5.74) is 0.877. The highest BCUT2D eigenvalue weighted by Crippen LogP contribution is 2.23. The zero-order valence-electron chi connectivity index (χ0n) is 10.1. The Bertz CT molecular complexity index is 763. The number of carboxylic acid groups (broad SMARTS) is 1. The van der Waals surface area contributed by atoms with Gasteiger partial charge in [-0.15, -0.1) is 0 Å². The third-order valence-electron chi connectivity index (χ3n) is 2.74. The molecule has 20 heavy (non-hydrogen) atoms. The summed E-state index contributed by atoms with van der Waals surface area (Å²) in [6, 6.07) is 11.5. The molecule has 0 aliphatic rings. The molecule has 2 aromatic heterocycles. The number of nitrogens with zero attached hydrogens (tertiary/aromatic N) is 2. The van der Waals surface area contributed by atoms with Crippen molar-refractivity contribution in [2.75, 3.05) is 0 Å². The lowest BCUT2D eigenvalue weighted by Crippen LogP contribution is -2.25. The summed E-state index contributed by atoms with van der Waals surface area (Å²) < 4.78 is 6.47. The van der Waals surface area contributed by atoms with Crippen molar-refractivity contribution >= 4 is 17.6 Å². The van der Waals surface area contributed by atoms with Gasteiger partial charge >= 0.3 is 0 Å². The Morgan fingerprint density at radius 1 is 1.25 bits per heavy atom. The molecule has 0 saturated heterocycles. The Balaban J connectivity index is 2.17. The molecule has 0 bridgehead atoms. The number of rotatable bonds is 3. The second kappa shape index (κ2) is 4.86. The molecule has 3 aromatic rings. The molecule has 1 aromatic carbocycles. The molecular formula is C14H8ClN2O3-. The molecule has 2 heterocycles. The van der Waals surface area contributed by atoms with E-state index in [1.165, 1.54) is 17.0 Å². The fourth-order valence-corrected chi connectivity index (χ4v) is 2.06. The van der Waals surface area contributed by atoms with Crippen molar-refractivity contribution in [2.45, 2.75) is 0 Å². The van der Waals surface area contributed by atoms with Crippen LogP contribution in [0.25, 0.3) is 17.1 Å². The Labute approximate surface area is 119 Å². The second-order valence-corrected chi connectivity index (χ2v) is 4.51. The highest BCUT2D eigenvalue weighted by atomic mass is 35.5. The zero-order chi connectivity index (χ0) is 14.1. The van der Waals surface area contributed by atoms with Gasteiger partial charge < -0.3 is 14.3 Å². The Morgan fingerprint density at radius 3 is 2.75 bits per heavy atom. The normalized spacial score (nSPS) is 10.7. The number of halogens is 1. The van der Waals surface area contributed by atoms with Crippen LogP contribution in [0.1, 0.15) is 10.5 Å². The Hall–Kier alpha value is -2.53. The third-order valence-corrected chi connectivity index (χ3v) is 2.98. The minimum Gasteiger partial charge on any atom is -0.543 e. The lowest BCUT2D eigenvalue weighted by molar-refractivity contribution is -0.255. The maximum atomic E-state index is 11.2. The van der Waals surface area contributed by atoms with E-state index in [9.17, 15) is 9.90 Å². The minimum absolute atomic E-state index is 0.0707. The number of hydrogen-bond acceptors (Lipinski definition) is 4. The number of hydrogen-bond donors (Lipinski definition) is 0. The van der Waals surface area contributed by atoms with Gasteiger partial charge in [-0.25, -0.2) is 4.68 Å². The van der Waals surface area contributed by atoms with E-state index < -0.39 is 5.97 Å². The van der Waals surface area contributed by atoms with Crippen LogP contribution in [0.2, 0.25) is 5.02 Å².